The maximum atomic E-state index is 13.1. The Morgan fingerprint density at radius 2 is 1.41 bits per heavy atom. The predicted octanol–water partition coefficient (Wildman–Crippen LogP) is 2.38. The fourth-order valence-corrected chi connectivity index (χ4v) is 3.24. The molecule has 9 nitrogen and oxygen atoms in total. The van der Waals surface area contributed by atoms with Gasteiger partial charge in [-0.1, -0.05) is 67.6 Å². The van der Waals surface area contributed by atoms with Crippen LogP contribution < -0.4 is 10.6 Å². The van der Waals surface area contributed by atoms with Crippen molar-refractivity contribution < 1.29 is 33.4 Å². The second-order valence-electron chi connectivity index (χ2n) is 7.72. The number of rotatable bonds is 11. The van der Waals surface area contributed by atoms with Crippen molar-refractivity contribution in [3.8, 4) is 0 Å². The number of carbonyl (C=O) groups is 4. The van der Waals surface area contributed by atoms with Gasteiger partial charge in [0.25, 0.3) is 0 Å². The van der Waals surface area contributed by atoms with Crippen LogP contribution in [-0.4, -0.2) is 50.2 Å². The molecule has 2 amide bonds. The Bertz CT molecular complexity index is 950. The van der Waals surface area contributed by atoms with E-state index in [0.29, 0.717) is 0 Å². The summed E-state index contributed by atoms with van der Waals surface area (Å²) in [5.74, 6) is -2.46. The largest absolute Gasteiger partial charge is 0.469 e. The zero-order valence-corrected chi connectivity index (χ0v) is 19.5. The van der Waals surface area contributed by atoms with Crippen LogP contribution in [0, 0.1) is 5.92 Å². The molecular weight excluding hydrogens is 440 g/mol. The van der Waals surface area contributed by atoms with Crippen LogP contribution in [0.1, 0.15) is 24.5 Å². The minimum Gasteiger partial charge on any atom is -0.469 e. The summed E-state index contributed by atoms with van der Waals surface area (Å²) in [6.45, 7) is 1.65. The first-order valence-corrected chi connectivity index (χ1v) is 10.8. The molecule has 0 spiro atoms. The zero-order valence-electron chi connectivity index (χ0n) is 19.5. The molecule has 0 aliphatic rings. The van der Waals surface area contributed by atoms with E-state index in [4.69, 9.17) is 9.47 Å². The molecular formula is C25H30N2O7. The second-order valence-corrected chi connectivity index (χ2v) is 7.72. The highest BCUT2D eigenvalue weighted by Gasteiger charge is 2.32. The van der Waals surface area contributed by atoms with E-state index in [9.17, 15) is 19.2 Å². The Hall–Kier alpha value is -3.88. The van der Waals surface area contributed by atoms with E-state index < -0.39 is 41.9 Å². The number of amides is 2. The van der Waals surface area contributed by atoms with Crippen LogP contribution in [0.3, 0.4) is 0 Å². The third-order valence-electron chi connectivity index (χ3n) is 5.14. The lowest BCUT2D eigenvalue weighted by Gasteiger charge is -2.25. The summed E-state index contributed by atoms with van der Waals surface area (Å²) >= 11 is 0. The Kier molecular flexibility index (Phi) is 10.6. The van der Waals surface area contributed by atoms with Gasteiger partial charge in [-0.25, -0.2) is 9.59 Å². The van der Waals surface area contributed by atoms with Gasteiger partial charge >= 0.3 is 18.0 Å². The lowest BCUT2D eigenvalue weighted by Crippen LogP contribution is -2.54. The summed E-state index contributed by atoms with van der Waals surface area (Å²) in [6, 6.07) is 16.1. The molecule has 2 rings (SSSR count). The molecule has 2 aromatic carbocycles. The molecule has 0 aliphatic carbocycles. The fourth-order valence-electron chi connectivity index (χ4n) is 3.24. The maximum Gasteiger partial charge on any atom is 0.408 e. The Morgan fingerprint density at radius 1 is 0.824 bits per heavy atom. The van der Waals surface area contributed by atoms with Gasteiger partial charge in [-0.05, 0) is 17.0 Å². The van der Waals surface area contributed by atoms with Crippen LogP contribution in [0.4, 0.5) is 4.79 Å². The first-order valence-electron chi connectivity index (χ1n) is 10.8. The minimum absolute atomic E-state index is 0.0350. The molecule has 34 heavy (non-hydrogen) atoms. The molecule has 2 aromatic rings. The Morgan fingerprint density at radius 3 is 1.97 bits per heavy atom. The number of hydrogen-bond donors (Lipinski definition) is 2. The quantitative estimate of drug-likeness (QED) is 0.382. The highest BCUT2D eigenvalue weighted by Crippen LogP contribution is 2.13. The van der Waals surface area contributed by atoms with E-state index in [-0.39, 0.29) is 19.4 Å². The van der Waals surface area contributed by atoms with E-state index in [2.05, 4.69) is 15.4 Å². The summed E-state index contributed by atoms with van der Waals surface area (Å²) in [6.07, 6.45) is -0.726. The molecule has 9 heteroatoms. The molecule has 0 saturated heterocycles. The standard InChI is InChI=1S/C25H30N2O7/c1-17(14-21(28)32-2)22(24(30)33-3)27-23(29)20(15-18-10-6-4-7-11-18)26-25(31)34-16-19-12-8-5-9-13-19/h4-13,17,20,22H,14-16H2,1-3H3,(H,26,31)(H,27,29)/t17-,20-,22-/m1/s1. The van der Waals surface area contributed by atoms with Crippen LogP contribution in [-0.2, 0) is 41.6 Å². The third kappa shape index (κ3) is 8.57. The van der Waals surface area contributed by atoms with E-state index >= 15 is 0 Å². The van der Waals surface area contributed by atoms with Gasteiger partial charge in [-0.15, -0.1) is 0 Å². The number of carbonyl (C=O) groups excluding carboxylic acids is 4. The van der Waals surface area contributed by atoms with Crippen LogP contribution in [0.5, 0.6) is 0 Å². The lowest BCUT2D eigenvalue weighted by atomic mass is 9.97. The van der Waals surface area contributed by atoms with Crippen molar-refractivity contribution in [1.82, 2.24) is 10.6 Å². The number of methoxy groups -OCH3 is 2. The van der Waals surface area contributed by atoms with Gasteiger partial charge in [0.05, 0.1) is 20.6 Å². The number of benzene rings is 2. The molecule has 0 bridgehead atoms. The van der Waals surface area contributed by atoms with Crippen LogP contribution in [0.15, 0.2) is 60.7 Å². The molecule has 0 heterocycles. The topological polar surface area (TPSA) is 120 Å². The molecule has 0 fully saturated rings. The summed E-state index contributed by atoms with van der Waals surface area (Å²) < 4.78 is 14.7. The van der Waals surface area contributed by atoms with Crippen molar-refractivity contribution in [3.63, 3.8) is 0 Å². The molecule has 0 radical (unpaired) electrons. The van der Waals surface area contributed by atoms with Crippen molar-refractivity contribution in [1.29, 1.82) is 0 Å². The average Bonchev–Trinajstić information content (AvgIpc) is 2.86. The molecule has 3 atom stereocenters. The summed E-state index contributed by atoms with van der Waals surface area (Å²) in [5.41, 5.74) is 1.59. The number of esters is 2. The minimum atomic E-state index is -1.11. The number of alkyl carbamates (subject to hydrolysis) is 1. The van der Waals surface area contributed by atoms with Crippen LogP contribution in [0.25, 0.3) is 0 Å². The van der Waals surface area contributed by atoms with E-state index in [1.54, 1.807) is 6.92 Å². The molecule has 0 unspecified atom stereocenters. The summed E-state index contributed by atoms with van der Waals surface area (Å²) in [7, 11) is 2.43. The number of ether oxygens (including phenoxy) is 3. The molecule has 2 N–H and O–H groups in total. The van der Waals surface area contributed by atoms with E-state index in [0.717, 1.165) is 11.1 Å². The SMILES string of the molecule is COC(=O)C[C@@H](C)[C@@H](NC(=O)[C@@H](Cc1ccccc1)NC(=O)OCc1ccccc1)C(=O)OC. The summed E-state index contributed by atoms with van der Waals surface area (Å²) in [4.78, 5) is 49.6. The fraction of sp³-hybridized carbons (Fsp3) is 0.360. The molecule has 0 saturated carbocycles. The van der Waals surface area contributed by atoms with Crippen molar-refractivity contribution in [2.24, 2.45) is 5.92 Å². The number of hydrogen-bond acceptors (Lipinski definition) is 7. The van der Waals surface area contributed by atoms with Gasteiger partial charge in [0.15, 0.2) is 0 Å². The highest BCUT2D eigenvalue weighted by atomic mass is 16.5. The monoisotopic (exact) mass is 470 g/mol. The number of nitrogens with one attached hydrogen (secondary N) is 2. The van der Waals surface area contributed by atoms with Gasteiger partial charge in [0.1, 0.15) is 18.7 Å². The maximum absolute atomic E-state index is 13.1. The third-order valence-corrected chi connectivity index (χ3v) is 5.14. The van der Waals surface area contributed by atoms with Gasteiger partial charge in [-0.3, -0.25) is 9.59 Å². The first-order chi connectivity index (χ1) is 16.3. The molecule has 182 valence electrons. The molecule has 0 aliphatic heterocycles. The van der Waals surface area contributed by atoms with Crippen molar-refractivity contribution in [2.75, 3.05) is 14.2 Å². The van der Waals surface area contributed by atoms with E-state index in [1.165, 1.54) is 14.2 Å². The van der Waals surface area contributed by atoms with Crippen molar-refractivity contribution >= 4 is 23.9 Å². The van der Waals surface area contributed by atoms with Gasteiger partial charge in [0, 0.05) is 6.42 Å². The Balaban J connectivity index is 2.13. The highest BCUT2D eigenvalue weighted by molar-refractivity contribution is 5.90. The lowest BCUT2D eigenvalue weighted by molar-refractivity contribution is -0.148. The zero-order chi connectivity index (χ0) is 24.9. The van der Waals surface area contributed by atoms with Gasteiger partial charge in [0.2, 0.25) is 5.91 Å². The second kappa shape index (κ2) is 13.6. The van der Waals surface area contributed by atoms with Gasteiger partial charge < -0.3 is 24.8 Å². The van der Waals surface area contributed by atoms with Gasteiger partial charge in [-0.2, -0.15) is 0 Å². The first kappa shape index (κ1) is 26.4. The molecule has 0 aromatic heterocycles. The Labute approximate surface area is 198 Å². The smallest absolute Gasteiger partial charge is 0.408 e. The normalized spacial score (nSPS) is 13.0. The van der Waals surface area contributed by atoms with Crippen molar-refractivity contribution in [3.05, 3.63) is 71.8 Å². The average molecular weight is 471 g/mol. The van der Waals surface area contributed by atoms with Crippen LogP contribution in [0.2, 0.25) is 0 Å². The predicted molar refractivity (Wildman–Crippen MR) is 123 cm³/mol. The summed E-state index contributed by atoms with van der Waals surface area (Å²) in [5, 5.41) is 5.18. The van der Waals surface area contributed by atoms with Crippen molar-refractivity contribution in [2.45, 2.75) is 38.5 Å². The van der Waals surface area contributed by atoms with Crippen LogP contribution >= 0.6 is 0 Å². The van der Waals surface area contributed by atoms with E-state index in [1.807, 2.05) is 60.7 Å².